The van der Waals surface area contributed by atoms with Crippen LogP contribution < -0.4 is 14.8 Å². The van der Waals surface area contributed by atoms with Gasteiger partial charge in [0.05, 0.1) is 11.6 Å². The van der Waals surface area contributed by atoms with E-state index in [9.17, 15) is 9.90 Å². The van der Waals surface area contributed by atoms with Gasteiger partial charge in [-0.2, -0.15) is 0 Å². The Bertz CT molecular complexity index is 1370. The van der Waals surface area contributed by atoms with Crippen LogP contribution in [0.4, 0.5) is 0 Å². The molecule has 1 heterocycles. The van der Waals surface area contributed by atoms with Crippen molar-refractivity contribution in [2.24, 2.45) is 0 Å². The number of rotatable bonds is 11. The standard InChI is InChI=1S/C27H25Cl3N2O4/c1-2-35-25-10-16(9-22(30)26(25)36-15-17-7-8-19(28)12-21(17)29)13-31-24(27(33)34)11-18-14-32-23-6-4-3-5-20(18)23/h3-10,12,14,24,31-32H,2,11,13,15H2,1H3,(H,33,34)/t24-/m1/s1. The first-order chi connectivity index (χ1) is 17.4. The molecule has 36 heavy (non-hydrogen) atoms. The first kappa shape index (κ1) is 26.2. The van der Waals surface area contributed by atoms with Crippen molar-refractivity contribution < 1.29 is 19.4 Å². The highest BCUT2D eigenvalue weighted by Crippen LogP contribution is 2.38. The molecule has 0 amide bonds. The van der Waals surface area contributed by atoms with Crippen molar-refractivity contribution in [1.82, 2.24) is 10.3 Å². The average Bonchev–Trinajstić information content (AvgIpc) is 3.25. The normalized spacial score (nSPS) is 12.0. The summed E-state index contributed by atoms with van der Waals surface area (Å²) in [4.78, 5) is 15.2. The molecule has 4 rings (SSSR count). The van der Waals surface area contributed by atoms with Crippen LogP contribution in [0.25, 0.3) is 10.9 Å². The first-order valence-corrected chi connectivity index (χ1v) is 12.5. The minimum Gasteiger partial charge on any atom is -0.490 e. The van der Waals surface area contributed by atoms with E-state index in [1.165, 1.54) is 0 Å². The topological polar surface area (TPSA) is 83.6 Å². The number of carbonyl (C=O) groups is 1. The molecule has 4 aromatic rings. The number of aromatic amines is 1. The van der Waals surface area contributed by atoms with Crippen molar-refractivity contribution in [2.75, 3.05) is 6.61 Å². The van der Waals surface area contributed by atoms with E-state index in [0.29, 0.717) is 39.6 Å². The number of benzene rings is 3. The third kappa shape index (κ3) is 6.26. The summed E-state index contributed by atoms with van der Waals surface area (Å²) in [6.45, 7) is 2.73. The SMILES string of the molecule is CCOc1cc(CN[C@H](Cc2c[nH]c3ccccc23)C(=O)O)cc(Cl)c1OCc1ccc(Cl)cc1Cl. The molecule has 6 nitrogen and oxygen atoms in total. The van der Waals surface area contributed by atoms with E-state index in [0.717, 1.165) is 27.6 Å². The second-order valence-corrected chi connectivity index (χ2v) is 9.45. The van der Waals surface area contributed by atoms with E-state index in [-0.39, 0.29) is 13.2 Å². The van der Waals surface area contributed by atoms with Crippen molar-refractivity contribution in [3.63, 3.8) is 0 Å². The molecule has 0 radical (unpaired) electrons. The van der Waals surface area contributed by atoms with Crippen LogP contribution >= 0.6 is 34.8 Å². The third-order valence-electron chi connectivity index (χ3n) is 5.71. The number of ether oxygens (including phenoxy) is 2. The lowest BCUT2D eigenvalue weighted by Gasteiger charge is -2.18. The highest BCUT2D eigenvalue weighted by Gasteiger charge is 2.20. The zero-order chi connectivity index (χ0) is 25.7. The van der Waals surface area contributed by atoms with Crippen LogP contribution in [0.1, 0.15) is 23.6 Å². The summed E-state index contributed by atoms with van der Waals surface area (Å²) in [6.07, 6.45) is 2.18. The number of carboxylic acids is 1. The lowest BCUT2D eigenvalue weighted by molar-refractivity contribution is -0.139. The number of aromatic nitrogens is 1. The molecule has 0 spiro atoms. The number of nitrogens with one attached hydrogen (secondary N) is 2. The summed E-state index contributed by atoms with van der Waals surface area (Å²) in [5, 5.41) is 15.3. The van der Waals surface area contributed by atoms with Crippen molar-refractivity contribution >= 4 is 51.7 Å². The number of para-hydroxylation sites is 1. The second-order valence-electron chi connectivity index (χ2n) is 8.20. The van der Waals surface area contributed by atoms with Gasteiger partial charge in [-0.3, -0.25) is 4.79 Å². The molecule has 0 unspecified atom stereocenters. The molecule has 1 aromatic heterocycles. The molecule has 0 fully saturated rings. The first-order valence-electron chi connectivity index (χ1n) is 11.4. The van der Waals surface area contributed by atoms with E-state index in [4.69, 9.17) is 44.3 Å². The summed E-state index contributed by atoms with van der Waals surface area (Å²) < 4.78 is 11.7. The zero-order valence-corrected chi connectivity index (χ0v) is 21.8. The number of halogens is 3. The molecule has 0 aliphatic rings. The molecule has 3 N–H and O–H groups in total. The molecule has 0 aliphatic heterocycles. The Balaban J connectivity index is 1.48. The van der Waals surface area contributed by atoms with E-state index in [1.807, 2.05) is 37.4 Å². The van der Waals surface area contributed by atoms with Crippen molar-refractivity contribution in [3.05, 3.63) is 92.6 Å². The maximum absolute atomic E-state index is 12.0. The second kappa shape index (κ2) is 11.9. The van der Waals surface area contributed by atoms with Crippen molar-refractivity contribution in [3.8, 4) is 11.5 Å². The molecule has 0 saturated heterocycles. The Kier molecular flexibility index (Phi) is 8.64. The Labute approximate surface area is 224 Å². The van der Waals surface area contributed by atoms with Crippen LogP contribution in [0.2, 0.25) is 15.1 Å². The fourth-order valence-electron chi connectivity index (χ4n) is 3.92. The van der Waals surface area contributed by atoms with Crippen molar-refractivity contribution in [1.29, 1.82) is 0 Å². The van der Waals surface area contributed by atoms with Gasteiger partial charge in [-0.15, -0.1) is 0 Å². The number of aliphatic carboxylic acids is 1. The van der Waals surface area contributed by atoms with E-state index in [1.54, 1.807) is 30.3 Å². The predicted octanol–water partition coefficient (Wildman–Crippen LogP) is 6.89. The van der Waals surface area contributed by atoms with Crippen LogP contribution in [0.3, 0.4) is 0 Å². The van der Waals surface area contributed by atoms with Crippen LogP contribution in [-0.2, 0) is 24.4 Å². The van der Waals surface area contributed by atoms with Gasteiger partial charge >= 0.3 is 5.97 Å². The third-order valence-corrected chi connectivity index (χ3v) is 6.57. The van der Waals surface area contributed by atoms with Gasteiger partial charge in [0.2, 0.25) is 0 Å². The molecule has 0 bridgehead atoms. The van der Waals surface area contributed by atoms with E-state index < -0.39 is 12.0 Å². The zero-order valence-electron chi connectivity index (χ0n) is 19.5. The predicted molar refractivity (Wildman–Crippen MR) is 144 cm³/mol. The maximum atomic E-state index is 12.0. The molecule has 188 valence electrons. The molecule has 0 saturated carbocycles. The number of hydrogen-bond donors (Lipinski definition) is 3. The smallest absolute Gasteiger partial charge is 0.321 e. The number of H-pyrrole nitrogens is 1. The Morgan fingerprint density at radius 1 is 1.03 bits per heavy atom. The van der Waals surface area contributed by atoms with Gasteiger partial charge in [-0.05, 0) is 48.4 Å². The fourth-order valence-corrected chi connectivity index (χ4v) is 4.67. The van der Waals surface area contributed by atoms with Crippen molar-refractivity contribution in [2.45, 2.75) is 32.5 Å². The maximum Gasteiger partial charge on any atom is 0.321 e. The van der Waals surface area contributed by atoms with Gasteiger partial charge < -0.3 is 24.9 Å². The van der Waals surface area contributed by atoms with Crippen LogP contribution in [0, 0.1) is 0 Å². The van der Waals surface area contributed by atoms with Gasteiger partial charge in [0.15, 0.2) is 11.5 Å². The van der Waals surface area contributed by atoms with E-state index in [2.05, 4.69) is 10.3 Å². The molecular weight excluding hydrogens is 523 g/mol. The minimum absolute atomic E-state index is 0.180. The van der Waals surface area contributed by atoms with Crippen LogP contribution in [-0.4, -0.2) is 28.7 Å². The van der Waals surface area contributed by atoms with Gasteiger partial charge in [0.25, 0.3) is 0 Å². The number of carboxylic acid groups (broad SMARTS) is 1. The summed E-state index contributed by atoms with van der Waals surface area (Å²) in [5.41, 5.74) is 3.43. The molecule has 3 aromatic carbocycles. The molecule has 0 aliphatic carbocycles. The quantitative estimate of drug-likeness (QED) is 0.190. The number of fused-ring (bicyclic) bond motifs is 1. The lowest BCUT2D eigenvalue weighted by atomic mass is 10.0. The lowest BCUT2D eigenvalue weighted by Crippen LogP contribution is -2.38. The van der Waals surface area contributed by atoms with Crippen LogP contribution in [0.5, 0.6) is 11.5 Å². The van der Waals surface area contributed by atoms with Gasteiger partial charge in [-0.1, -0.05) is 59.1 Å². The molecular formula is C27H25Cl3N2O4. The monoisotopic (exact) mass is 546 g/mol. The van der Waals surface area contributed by atoms with Crippen LogP contribution in [0.15, 0.2) is 60.8 Å². The minimum atomic E-state index is -0.934. The van der Waals surface area contributed by atoms with Gasteiger partial charge in [-0.25, -0.2) is 0 Å². The van der Waals surface area contributed by atoms with Gasteiger partial charge in [0, 0.05) is 45.7 Å². The summed E-state index contributed by atoms with van der Waals surface area (Å²) in [6, 6.07) is 15.7. The largest absolute Gasteiger partial charge is 0.490 e. The number of hydrogen-bond acceptors (Lipinski definition) is 4. The highest BCUT2D eigenvalue weighted by atomic mass is 35.5. The molecule has 9 heteroatoms. The summed E-state index contributed by atoms with van der Waals surface area (Å²) in [7, 11) is 0. The average molecular weight is 548 g/mol. The summed E-state index contributed by atoms with van der Waals surface area (Å²) >= 11 is 18.8. The summed E-state index contributed by atoms with van der Waals surface area (Å²) in [5.74, 6) is -0.0755. The highest BCUT2D eigenvalue weighted by molar-refractivity contribution is 6.35. The fraction of sp³-hybridized carbons (Fsp3) is 0.222. The van der Waals surface area contributed by atoms with Gasteiger partial charge in [0.1, 0.15) is 12.6 Å². The van der Waals surface area contributed by atoms with E-state index >= 15 is 0 Å². The Hall–Kier alpha value is -2.90. The Morgan fingerprint density at radius 2 is 1.83 bits per heavy atom. The Morgan fingerprint density at radius 3 is 2.58 bits per heavy atom. The molecule has 1 atom stereocenters.